The zero-order valence-electron chi connectivity index (χ0n) is 15.3. The number of carbonyl (C=O) groups excluding carboxylic acids is 3. The van der Waals surface area contributed by atoms with Crippen molar-refractivity contribution in [3.8, 4) is 5.75 Å². The van der Waals surface area contributed by atoms with Crippen molar-refractivity contribution in [2.45, 2.75) is 45.0 Å². The number of hydrogen-bond donors (Lipinski definition) is 1. The van der Waals surface area contributed by atoms with Crippen molar-refractivity contribution in [1.29, 1.82) is 0 Å². The fourth-order valence-corrected chi connectivity index (χ4v) is 3.86. The molecule has 3 amide bonds. The molecule has 1 aliphatic carbocycles. The molecule has 0 bridgehead atoms. The average Bonchev–Trinajstić information content (AvgIpc) is 2.86. The van der Waals surface area contributed by atoms with Gasteiger partial charge in [-0.3, -0.25) is 19.3 Å². The predicted molar refractivity (Wildman–Crippen MR) is 91.9 cm³/mol. The van der Waals surface area contributed by atoms with Gasteiger partial charge in [-0.15, -0.1) is 13.2 Å². The minimum absolute atomic E-state index is 0.286. The summed E-state index contributed by atoms with van der Waals surface area (Å²) in [6.45, 7) is 1.31. The molecule has 1 saturated heterocycles. The van der Waals surface area contributed by atoms with Gasteiger partial charge in [-0.2, -0.15) is 0 Å². The standard InChI is InChI=1S/C19H21F3N2O4/c1-11(12-6-8-13(9-7-12)28-19(20,21)22)23-16(25)10-24-17(26)14-4-2-3-5-15(14)18(24)27/h6-9,11,14-15H,2-5,10H2,1H3,(H,23,25)/t11-,14-,15-/m0/s1. The molecule has 2 fully saturated rings. The number of fused-ring (bicyclic) bond motifs is 1. The number of ether oxygens (including phenoxy) is 1. The number of hydrogen-bond acceptors (Lipinski definition) is 4. The predicted octanol–water partition coefficient (Wildman–Crippen LogP) is 2.94. The molecule has 1 saturated carbocycles. The zero-order chi connectivity index (χ0) is 20.5. The van der Waals surface area contributed by atoms with Crippen LogP contribution < -0.4 is 10.1 Å². The van der Waals surface area contributed by atoms with Crippen LogP contribution in [0.3, 0.4) is 0 Å². The summed E-state index contributed by atoms with van der Waals surface area (Å²) in [5.74, 6) is -2.05. The van der Waals surface area contributed by atoms with E-state index in [1.807, 2.05) is 0 Å². The quantitative estimate of drug-likeness (QED) is 0.774. The lowest BCUT2D eigenvalue weighted by atomic mass is 9.81. The Kier molecular flexibility index (Phi) is 5.62. The van der Waals surface area contributed by atoms with Crippen LogP contribution in [0.4, 0.5) is 13.2 Å². The van der Waals surface area contributed by atoms with Gasteiger partial charge in [-0.1, -0.05) is 25.0 Å². The van der Waals surface area contributed by atoms with Crippen molar-refractivity contribution in [2.24, 2.45) is 11.8 Å². The van der Waals surface area contributed by atoms with Crippen LogP contribution in [0.1, 0.15) is 44.2 Å². The van der Waals surface area contributed by atoms with Gasteiger partial charge >= 0.3 is 6.36 Å². The van der Waals surface area contributed by atoms with Gasteiger partial charge in [0.25, 0.3) is 0 Å². The van der Waals surface area contributed by atoms with E-state index in [-0.39, 0.29) is 35.9 Å². The summed E-state index contributed by atoms with van der Waals surface area (Å²) in [4.78, 5) is 38.2. The van der Waals surface area contributed by atoms with Crippen LogP contribution in [-0.4, -0.2) is 35.5 Å². The molecular weight excluding hydrogens is 377 g/mol. The largest absolute Gasteiger partial charge is 0.573 e. The molecule has 0 radical (unpaired) electrons. The number of imide groups is 1. The molecule has 3 rings (SSSR count). The van der Waals surface area contributed by atoms with Crippen molar-refractivity contribution in [1.82, 2.24) is 10.2 Å². The molecular formula is C19H21F3N2O4. The number of alkyl halides is 3. The Morgan fingerprint density at radius 1 is 1.14 bits per heavy atom. The molecule has 0 aromatic heterocycles. The molecule has 28 heavy (non-hydrogen) atoms. The third kappa shape index (κ3) is 4.45. The summed E-state index contributed by atoms with van der Waals surface area (Å²) in [5.41, 5.74) is 0.565. The first kappa shape index (κ1) is 20.2. The molecule has 0 unspecified atom stereocenters. The first-order valence-corrected chi connectivity index (χ1v) is 9.16. The van der Waals surface area contributed by atoms with E-state index in [2.05, 4.69) is 10.1 Å². The third-order valence-corrected chi connectivity index (χ3v) is 5.23. The highest BCUT2D eigenvalue weighted by Crippen LogP contribution is 2.37. The average molecular weight is 398 g/mol. The van der Waals surface area contributed by atoms with E-state index < -0.39 is 18.3 Å². The second-order valence-electron chi connectivity index (χ2n) is 7.17. The van der Waals surface area contributed by atoms with Gasteiger partial charge in [0.05, 0.1) is 17.9 Å². The van der Waals surface area contributed by atoms with E-state index in [1.165, 1.54) is 12.1 Å². The molecule has 2 aliphatic rings. The lowest BCUT2D eigenvalue weighted by molar-refractivity contribution is -0.274. The normalized spacial score (nSPS) is 23.4. The number of carbonyl (C=O) groups is 3. The van der Waals surface area contributed by atoms with Gasteiger partial charge in [-0.05, 0) is 37.5 Å². The van der Waals surface area contributed by atoms with Gasteiger partial charge in [0, 0.05) is 0 Å². The van der Waals surface area contributed by atoms with Crippen LogP contribution in [0.5, 0.6) is 5.75 Å². The highest BCUT2D eigenvalue weighted by atomic mass is 19.4. The Morgan fingerprint density at radius 2 is 1.68 bits per heavy atom. The van der Waals surface area contributed by atoms with Gasteiger partial charge in [0.2, 0.25) is 17.7 Å². The van der Waals surface area contributed by atoms with Crippen LogP contribution in [0.25, 0.3) is 0 Å². The van der Waals surface area contributed by atoms with Crippen molar-refractivity contribution in [3.63, 3.8) is 0 Å². The number of likely N-dealkylation sites (tertiary alicyclic amines) is 1. The van der Waals surface area contributed by atoms with E-state index in [0.29, 0.717) is 18.4 Å². The fraction of sp³-hybridized carbons (Fsp3) is 0.526. The molecule has 0 spiro atoms. The Bertz CT molecular complexity index is 739. The van der Waals surface area contributed by atoms with Crippen LogP contribution >= 0.6 is 0 Å². The maximum atomic E-state index is 12.4. The topological polar surface area (TPSA) is 75.7 Å². The lowest BCUT2D eigenvalue weighted by Crippen LogP contribution is -2.41. The maximum absolute atomic E-state index is 12.4. The number of rotatable bonds is 5. The molecule has 9 heteroatoms. The summed E-state index contributed by atoms with van der Waals surface area (Å²) < 4.78 is 40.4. The number of amides is 3. The fourth-order valence-electron chi connectivity index (χ4n) is 3.86. The minimum Gasteiger partial charge on any atom is -0.406 e. The minimum atomic E-state index is -4.77. The molecule has 1 aromatic carbocycles. The molecule has 1 aromatic rings. The second-order valence-corrected chi connectivity index (χ2v) is 7.17. The van der Waals surface area contributed by atoms with Crippen LogP contribution in [0, 0.1) is 11.8 Å². The van der Waals surface area contributed by atoms with E-state index in [1.54, 1.807) is 6.92 Å². The van der Waals surface area contributed by atoms with E-state index in [4.69, 9.17) is 0 Å². The van der Waals surface area contributed by atoms with Gasteiger partial charge in [-0.25, -0.2) is 0 Å². The molecule has 1 N–H and O–H groups in total. The monoisotopic (exact) mass is 398 g/mol. The lowest BCUT2D eigenvalue weighted by Gasteiger charge is -2.19. The van der Waals surface area contributed by atoms with Crippen molar-refractivity contribution >= 4 is 17.7 Å². The SMILES string of the molecule is C[C@H](NC(=O)CN1C(=O)[C@H]2CCCC[C@@H]2C1=O)c1ccc(OC(F)(F)F)cc1. The Labute approximate surface area is 160 Å². The summed E-state index contributed by atoms with van der Waals surface area (Å²) in [6.07, 6.45) is -1.60. The number of nitrogens with one attached hydrogen (secondary N) is 1. The summed E-state index contributed by atoms with van der Waals surface area (Å²) in [7, 11) is 0. The van der Waals surface area contributed by atoms with Crippen LogP contribution in [0.15, 0.2) is 24.3 Å². The van der Waals surface area contributed by atoms with Crippen molar-refractivity contribution < 1.29 is 32.3 Å². The Morgan fingerprint density at radius 3 is 2.18 bits per heavy atom. The number of nitrogens with zero attached hydrogens (tertiary/aromatic N) is 1. The van der Waals surface area contributed by atoms with Gasteiger partial charge < -0.3 is 10.1 Å². The highest BCUT2D eigenvalue weighted by molar-refractivity contribution is 6.07. The van der Waals surface area contributed by atoms with Crippen molar-refractivity contribution in [2.75, 3.05) is 6.54 Å². The van der Waals surface area contributed by atoms with Crippen molar-refractivity contribution in [3.05, 3.63) is 29.8 Å². The number of halogens is 3. The molecule has 152 valence electrons. The molecule has 3 atom stereocenters. The van der Waals surface area contributed by atoms with Gasteiger partial charge in [0.1, 0.15) is 12.3 Å². The van der Waals surface area contributed by atoms with Crippen LogP contribution in [-0.2, 0) is 14.4 Å². The first-order chi connectivity index (χ1) is 13.2. The second kappa shape index (κ2) is 7.81. The highest BCUT2D eigenvalue weighted by Gasteiger charge is 2.48. The summed E-state index contributed by atoms with van der Waals surface area (Å²) in [6, 6.07) is 4.62. The first-order valence-electron chi connectivity index (χ1n) is 9.16. The summed E-state index contributed by atoms with van der Waals surface area (Å²) in [5, 5.41) is 2.67. The number of benzene rings is 1. The van der Waals surface area contributed by atoms with E-state index in [9.17, 15) is 27.6 Å². The molecule has 6 nitrogen and oxygen atoms in total. The Hall–Kier alpha value is -2.58. The smallest absolute Gasteiger partial charge is 0.406 e. The van der Waals surface area contributed by atoms with Crippen LogP contribution in [0.2, 0.25) is 0 Å². The Balaban J connectivity index is 1.57. The maximum Gasteiger partial charge on any atom is 0.573 e. The zero-order valence-corrected chi connectivity index (χ0v) is 15.3. The summed E-state index contributed by atoms with van der Waals surface area (Å²) >= 11 is 0. The molecule has 1 aliphatic heterocycles. The van der Waals surface area contributed by atoms with E-state index in [0.717, 1.165) is 29.9 Å². The van der Waals surface area contributed by atoms with E-state index >= 15 is 0 Å². The third-order valence-electron chi connectivity index (χ3n) is 5.23. The molecule has 1 heterocycles. The van der Waals surface area contributed by atoms with Gasteiger partial charge in [0.15, 0.2) is 0 Å².